The molecule has 0 unspecified atom stereocenters. The average molecular weight is 320 g/mol. The van der Waals surface area contributed by atoms with Crippen molar-refractivity contribution >= 4 is 34.5 Å². The van der Waals surface area contributed by atoms with Crippen LogP contribution in [0.15, 0.2) is 35.0 Å². The van der Waals surface area contributed by atoms with Crippen LogP contribution in [0.25, 0.3) is 0 Å². The normalized spacial score (nSPS) is 18.2. The molecule has 3 heterocycles. The van der Waals surface area contributed by atoms with Crippen molar-refractivity contribution < 1.29 is 9.59 Å². The summed E-state index contributed by atoms with van der Waals surface area (Å²) < 4.78 is 0. The van der Waals surface area contributed by atoms with E-state index < -0.39 is 0 Å². The predicted molar refractivity (Wildman–Crippen MR) is 84.1 cm³/mol. The van der Waals surface area contributed by atoms with Crippen molar-refractivity contribution in [1.29, 1.82) is 0 Å². The highest BCUT2D eigenvalue weighted by molar-refractivity contribution is 7.10. The van der Waals surface area contributed by atoms with Gasteiger partial charge in [-0.3, -0.25) is 9.59 Å². The number of amides is 2. The summed E-state index contributed by atoms with van der Waals surface area (Å²) in [7, 11) is 0. The molecular formula is C15H16N2O2S2. The fraction of sp³-hybridized carbons (Fsp3) is 0.333. The van der Waals surface area contributed by atoms with Crippen LogP contribution >= 0.6 is 22.7 Å². The molecule has 0 bridgehead atoms. The van der Waals surface area contributed by atoms with Gasteiger partial charge in [0.25, 0.3) is 0 Å². The molecule has 0 saturated carbocycles. The predicted octanol–water partition coefficient (Wildman–Crippen LogP) is 2.62. The number of nitrogens with one attached hydrogen (secondary N) is 1. The fourth-order valence-electron chi connectivity index (χ4n) is 2.48. The van der Waals surface area contributed by atoms with Gasteiger partial charge < -0.3 is 10.2 Å². The van der Waals surface area contributed by atoms with Crippen LogP contribution in [0.1, 0.15) is 22.6 Å². The van der Waals surface area contributed by atoms with Crippen LogP contribution in [0.2, 0.25) is 0 Å². The molecular weight excluding hydrogens is 304 g/mol. The maximum Gasteiger partial charge on any atom is 0.243 e. The zero-order valence-electron chi connectivity index (χ0n) is 11.5. The molecule has 6 heteroatoms. The standard InChI is InChI=1S/C15H16N2O2S2/c18-14-6-5-13(17(14)10-12-4-2-8-21-12)15(19)16-9-11-3-1-7-20-11/h1-4,7-8,13H,5-6,9-10H2,(H,16,19)/t13-/m1/s1. The number of carbonyl (C=O) groups is 2. The summed E-state index contributed by atoms with van der Waals surface area (Å²) in [5.74, 6) is 0.0190. The summed E-state index contributed by atoms with van der Waals surface area (Å²) in [6, 6.07) is 7.59. The fourth-order valence-corrected chi connectivity index (χ4v) is 3.83. The maximum atomic E-state index is 12.3. The molecule has 1 atom stereocenters. The minimum absolute atomic E-state index is 0.0502. The summed E-state index contributed by atoms with van der Waals surface area (Å²) in [5.41, 5.74) is 0. The van der Waals surface area contributed by atoms with Crippen molar-refractivity contribution in [1.82, 2.24) is 10.2 Å². The third-order valence-corrected chi connectivity index (χ3v) is 5.29. The molecule has 110 valence electrons. The third-order valence-electron chi connectivity index (χ3n) is 3.55. The third kappa shape index (κ3) is 3.33. The van der Waals surface area contributed by atoms with Gasteiger partial charge in [-0.25, -0.2) is 0 Å². The topological polar surface area (TPSA) is 49.4 Å². The average Bonchev–Trinajstić information content (AvgIpc) is 3.21. The molecule has 0 aromatic carbocycles. The zero-order chi connectivity index (χ0) is 14.7. The van der Waals surface area contributed by atoms with Gasteiger partial charge in [0.05, 0.1) is 13.1 Å². The van der Waals surface area contributed by atoms with Gasteiger partial charge in [-0.05, 0) is 29.3 Å². The van der Waals surface area contributed by atoms with E-state index in [9.17, 15) is 9.59 Å². The molecule has 21 heavy (non-hydrogen) atoms. The van der Waals surface area contributed by atoms with E-state index in [1.807, 2.05) is 35.0 Å². The highest BCUT2D eigenvalue weighted by Crippen LogP contribution is 2.23. The van der Waals surface area contributed by atoms with Gasteiger partial charge >= 0.3 is 0 Å². The summed E-state index contributed by atoms with van der Waals surface area (Å²) in [6.07, 6.45) is 1.07. The van der Waals surface area contributed by atoms with Crippen LogP contribution in [-0.2, 0) is 22.7 Å². The Hall–Kier alpha value is -1.66. The molecule has 1 aliphatic heterocycles. The van der Waals surface area contributed by atoms with Crippen molar-refractivity contribution in [2.45, 2.75) is 32.0 Å². The second-order valence-corrected chi connectivity index (χ2v) is 7.02. The van der Waals surface area contributed by atoms with Gasteiger partial charge in [-0.2, -0.15) is 0 Å². The SMILES string of the molecule is O=C(NCc1cccs1)[C@H]1CCC(=O)N1Cc1cccs1. The Morgan fingerprint density at radius 3 is 2.62 bits per heavy atom. The minimum atomic E-state index is -0.334. The van der Waals surface area contributed by atoms with Crippen molar-refractivity contribution in [2.75, 3.05) is 0 Å². The molecule has 0 spiro atoms. The van der Waals surface area contributed by atoms with Crippen molar-refractivity contribution in [3.63, 3.8) is 0 Å². The van der Waals surface area contributed by atoms with Gasteiger partial charge in [0, 0.05) is 16.2 Å². The van der Waals surface area contributed by atoms with Gasteiger partial charge in [-0.1, -0.05) is 12.1 Å². The maximum absolute atomic E-state index is 12.3. The van der Waals surface area contributed by atoms with Crippen LogP contribution < -0.4 is 5.32 Å². The lowest BCUT2D eigenvalue weighted by molar-refractivity contribution is -0.135. The van der Waals surface area contributed by atoms with E-state index in [-0.39, 0.29) is 17.9 Å². The summed E-state index contributed by atoms with van der Waals surface area (Å²) in [4.78, 5) is 28.3. The number of likely N-dealkylation sites (tertiary alicyclic amines) is 1. The Balaban J connectivity index is 1.62. The highest BCUT2D eigenvalue weighted by atomic mass is 32.1. The molecule has 1 N–H and O–H groups in total. The van der Waals surface area contributed by atoms with E-state index in [4.69, 9.17) is 0 Å². The number of carbonyl (C=O) groups excluding carboxylic acids is 2. The van der Waals surface area contributed by atoms with E-state index in [1.165, 1.54) is 0 Å². The number of thiophene rings is 2. The van der Waals surface area contributed by atoms with Crippen LogP contribution in [-0.4, -0.2) is 22.8 Å². The first kappa shape index (κ1) is 14.3. The van der Waals surface area contributed by atoms with Gasteiger partial charge in [0.2, 0.25) is 11.8 Å². The molecule has 1 saturated heterocycles. The Morgan fingerprint density at radius 1 is 1.24 bits per heavy atom. The number of hydrogen-bond donors (Lipinski definition) is 1. The van der Waals surface area contributed by atoms with Gasteiger partial charge in [0.1, 0.15) is 6.04 Å². The highest BCUT2D eigenvalue weighted by Gasteiger charge is 2.35. The first-order chi connectivity index (χ1) is 10.2. The first-order valence-corrected chi connectivity index (χ1v) is 8.62. The molecule has 2 aromatic heterocycles. The monoisotopic (exact) mass is 320 g/mol. The van der Waals surface area contributed by atoms with Crippen molar-refractivity contribution in [3.8, 4) is 0 Å². The van der Waals surface area contributed by atoms with Gasteiger partial charge in [0.15, 0.2) is 0 Å². The van der Waals surface area contributed by atoms with Gasteiger partial charge in [-0.15, -0.1) is 22.7 Å². The minimum Gasteiger partial charge on any atom is -0.349 e. The van der Waals surface area contributed by atoms with E-state index in [0.717, 1.165) is 9.75 Å². The Kier molecular flexibility index (Phi) is 4.36. The Labute approximate surface area is 131 Å². The number of hydrogen-bond acceptors (Lipinski definition) is 4. The van der Waals surface area contributed by atoms with E-state index in [1.54, 1.807) is 27.6 Å². The molecule has 4 nitrogen and oxygen atoms in total. The molecule has 0 radical (unpaired) electrons. The van der Waals surface area contributed by atoms with Crippen LogP contribution in [0.3, 0.4) is 0 Å². The van der Waals surface area contributed by atoms with Crippen molar-refractivity contribution in [3.05, 3.63) is 44.8 Å². The molecule has 1 fully saturated rings. The lowest BCUT2D eigenvalue weighted by Crippen LogP contribution is -2.43. The van der Waals surface area contributed by atoms with Crippen LogP contribution in [0, 0.1) is 0 Å². The molecule has 3 rings (SSSR count). The van der Waals surface area contributed by atoms with Crippen LogP contribution in [0.5, 0.6) is 0 Å². The quantitative estimate of drug-likeness (QED) is 0.920. The summed E-state index contributed by atoms with van der Waals surface area (Å²) in [6.45, 7) is 1.07. The lowest BCUT2D eigenvalue weighted by Gasteiger charge is -2.23. The summed E-state index contributed by atoms with van der Waals surface area (Å²) in [5, 5.41) is 6.92. The molecule has 2 amide bonds. The van der Waals surface area contributed by atoms with Crippen LogP contribution in [0.4, 0.5) is 0 Å². The Bertz CT molecular complexity index is 608. The first-order valence-electron chi connectivity index (χ1n) is 6.86. The van der Waals surface area contributed by atoms with E-state index in [2.05, 4.69) is 5.32 Å². The van der Waals surface area contributed by atoms with Crippen molar-refractivity contribution in [2.24, 2.45) is 0 Å². The molecule has 1 aliphatic rings. The summed E-state index contributed by atoms with van der Waals surface area (Å²) >= 11 is 3.23. The Morgan fingerprint density at radius 2 is 1.95 bits per heavy atom. The number of rotatable bonds is 5. The zero-order valence-corrected chi connectivity index (χ0v) is 13.1. The second-order valence-electron chi connectivity index (χ2n) is 4.95. The molecule has 2 aromatic rings. The smallest absolute Gasteiger partial charge is 0.243 e. The van der Waals surface area contributed by atoms with E-state index in [0.29, 0.717) is 25.9 Å². The second kappa shape index (κ2) is 6.41. The lowest BCUT2D eigenvalue weighted by atomic mass is 10.2. The number of nitrogens with zero attached hydrogens (tertiary/aromatic N) is 1. The largest absolute Gasteiger partial charge is 0.349 e. The molecule has 0 aliphatic carbocycles. The van der Waals surface area contributed by atoms with E-state index >= 15 is 0 Å².